The molecule has 0 aliphatic carbocycles. The Morgan fingerprint density at radius 1 is 1.26 bits per heavy atom. The van der Waals surface area contributed by atoms with Crippen LogP contribution in [-0.4, -0.2) is 39.2 Å². The maximum Gasteiger partial charge on any atom is 0.410 e. The molecular formula is C20H26BrN3O3. The molecule has 2 aromatic rings. The largest absolute Gasteiger partial charge is 0.444 e. The van der Waals surface area contributed by atoms with Gasteiger partial charge in [-0.05, 0) is 74.2 Å². The minimum absolute atomic E-state index is 0.0334. The molecule has 1 saturated heterocycles. The van der Waals surface area contributed by atoms with Crippen molar-refractivity contribution in [3.05, 3.63) is 38.3 Å². The maximum absolute atomic E-state index is 12.8. The summed E-state index contributed by atoms with van der Waals surface area (Å²) in [5, 5.41) is 0.624. The average Bonchev–Trinajstić information content (AvgIpc) is 2.57. The van der Waals surface area contributed by atoms with Gasteiger partial charge in [-0.15, -0.1) is 0 Å². The van der Waals surface area contributed by atoms with E-state index in [1.54, 1.807) is 16.5 Å². The van der Waals surface area contributed by atoms with Gasteiger partial charge >= 0.3 is 6.09 Å². The van der Waals surface area contributed by atoms with Crippen LogP contribution in [-0.2, 0) is 11.8 Å². The molecule has 1 aliphatic heterocycles. The zero-order valence-electron chi connectivity index (χ0n) is 16.5. The molecule has 27 heavy (non-hydrogen) atoms. The van der Waals surface area contributed by atoms with E-state index in [4.69, 9.17) is 9.72 Å². The number of amides is 1. The fourth-order valence-corrected chi connectivity index (χ4v) is 4.16. The van der Waals surface area contributed by atoms with E-state index < -0.39 is 5.60 Å². The lowest BCUT2D eigenvalue weighted by molar-refractivity contribution is 0.0202. The number of benzene rings is 1. The molecule has 0 spiro atoms. The number of hydrogen-bond acceptors (Lipinski definition) is 4. The van der Waals surface area contributed by atoms with Crippen molar-refractivity contribution in [2.45, 2.75) is 52.1 Å². The normalized spacial score (nSPS) is 16.0. The molecule has 1 fully saturated rings. The number of nitrogens with zero attached hydrogens (tertiary/aromatic N) is 3. The average molecular weight is 436 g/mol. The second kappa shape index (κ2) is 7.26. The number of aryl methyl sites for hydroxylation is 1. The summed E-state index contributed by atoms with van der Waals surface area (Å²) in [6.07, 6.45) is 1.24. The van der Waals surface area contributed by atoms with Crippen molar-refractivity contribution in [1.82, 2.24) is 14.5 Å². The second-order valence-electron chi connectivity index (χ2n) is 8.22. The Balaban J connectivity index is 1.85. The molecule has 1 amide bonds. The lowest BCUT2D eigenvalue weighted by Crippen LogP contribution is -2.42. The SMILES string of the molecule is Cc1cc(Br)c2nc(C3CCN(C(=O)OC(C)(C)C)CC3)n(C)c(=O)c2c1. The Labute approximate surface area is 167 Å². The van der Waals surface area contributed by atoms with Gasteiger partial charge < -0.3 is 9.64 Å². The highest BCUT2D eigenvalue weighted by Crippen LogP contribution is 2.29. The Kier molecular flexibility index (Phi) is 5.34. The van der Waals surface area contributed by atoms with Crippen LogP contribution in [0.3, 0.4) is 0 Å². The topological polar surface area (TPSA) is 64.4 Å². The monoisotopic (exact) mass is 435 g/mol. The lowest BCUT2D eigenvalue weighted by Gasteiger charge is -2.33. The number of rotatable bonds is 1. The summed E-state index contributed by atoms with van der Waals surface area (Å²) in [5.74, 6) is 0.917. The van der Waals surface area contributed by atoms with Gasteiger partial charge in [0.2, 0.25) is 0 Å². The molecule has 0 bridgehead atoms. The van der Waals surface area contributed by atoms with E-state index >= 15 is 0 Å². The quantitative estimate of drug-likeness (QED) is 0.675. The Hall–Kier alpha value is -1.89. The Morgan fingerprint density at radius 2 is 1.89 bits per heavy atom. The summed E-state index contributed by atoms with van der Waals surface area (Å²) >= 11 is 3.54. The van der Waals surface area contributed by atoms with E-state index in [0.29, 0.717) is 24.0 Å². The first-order valence-corrected chi connectivity index (χ1v) is 10.0. The van der Waals surface area contributed by atoms with Crippen molar-refractivity contribution in [1.29, 1.82) is 0 Å². The third kappa shape index (κ3) is 4.18. The van der Waals surface area contributed by atoms with Crippen LogP contribution < -0.4 is 5.56 Å². The first-order valence-electron chi connectivity index (χ1n) is 9.21. The van der Waals surface area contributed by atoms with Gasteiger partial charge in [-0.3, -0.25) is 9.36 Å². The predicted molar refractivity (Wildman–Crippen MR) is 109 cm³/mol. The second-order valence-corrected chi connectivity index (χ2v) is 9.07. The molecule has 6 nitrogen and oxygen atoms in total. The molecule has 2 heterocycles. The van der Waals surface area contributed by atoms with Crippen LogP contribution in [0.2, 0.25) is 0 Å². The minimum atomic E-state index is -0.498. The van der Waals surface area contributed by atoms with Crippen molar-refractivity contribution in [2.24, 2.45) is 7.05 Å². The van der Waals surface area contributed by atoms with Gasteiger partial charge in [-0.2, -0.15) is 0 Å². The number of carbonyl (C=O) groups is 1. The van der Waals surface area contributed by atoms with Gasteiger partial charge in [0, 0.05) is 30.5 Å². The smallest absolute Gasteiger partial charge is 0.410 e. The summed E-state index contributed by atoms with van der Waals surface area (Å²) < 4.78 is 7.95. The Bertz CT molecular complexity index is 938. The zero-order chi connectivity index (χ0) is 19.9. The minimum Gasteiger partial charge on any atom is -0.444 e. The number of carbonyl (C=O) groups excluding carboxylic acids is 1. The van der Waals surface area contributed by atoms with Crippen LogP contribution in [0, 0.1) is 6.92 Å². The van der Waals surface area contributed by atoms with Crippen LogP contribution in [0.1, 0.15) is 50.9 Å². The first kappa shape index (κ1) is 19.9. The van der Waals surface area contributed by atoms with Gasteiger partial charge in [0.1, 0.15) is 11.4 Å². The van der Waals surface area contributed by atoms with Gasteiger partial charge in [0.15, 0.2) is 0 Å². The van der Waals surface area contributed by atoms with E-state index in [1.165, 1.54) is 0 Å². The summed E-state index contributed by atoms with van der Waals surface area (Å²) in [6.45, 7) is 8.76. The number of piperidine rings is 1. The molecule has 1 aromatic heterocycles. The third-order valence-electron chi connectivity index (χ3n) is 4.82. The molecule has 146 valence electrons. The molecule has 0 atom stereocenters. The summed E-state index contributed by atoms with van der Waals surface area (Å²) in [5.41, 5.74) is 1.19. The van der Waals surface area contributed by atoms with Crippen LogP contribution in [0.5, 0.6) is 0 Å². The summed E-state index contributed by atoms with van der Waals surface area (Å²) in [7, 11) is 1.78. The van der Waals surface area contributed by atoms with Gasteiger partial charge in [0.05, 0.1) is 10.9 Å². The highest BCUT2D eigenvalue weighted by atomic mass is 79.9. The van der Waals surface area contributed by atoms with E-state index in [2.05, 4.69) is 15.9 Å². The first-order chi connectivity index (χ1) is 12.6. The van der Waals surface area contributed by atoms with Crippen molar-refractivity contribution < 1.29 is 9.53 Å². The van der Waals surface area contributed by atoms with Crippen LogP contribution in [0.4, 0.5) is 4.79 Å². The number of aromatic nitrogens is 2. The van der Waals surface area contributed by atoms with Gasteiger partial charge in [-0.1, -0.05) is 0 Å². The van der Waals surface area contributed by atoms with Gasteiger partial charge in [0.25, 0.3) is 5.56 Å². The van der Waals surface area contributed by atoms with Crippen molar-refractivity contribution in [3.8, 4) is 0 Å². The van der Waals surface area contributed by atoms with E-state index in [-0.39, 0.29) is 17.6 Å². The highest BCUT2D eigenvalue weighted by Gasteiger charge is 2.29. The fraction of sp³-hybridized carbons (Fsp3) is 0.550. The van der Waals surface area contributed by atoms with Crippen LogP contribution >= 0.6 is 15.9 Å². The zero-order valence-corrected chi connectivity index (χ0v) is 18.1. The van der Waals surface area contributed by atoms with Crippen molar-refractivity contribution in [3.63, 3.8) is 0 Å². The number of likely N-dealkylation sites (tertiary alicyclic amines) is 1. The van der Waals surface area contributed by atoms with Gasteiger partial charge in [-0.25, -0.2) is 9.78 Å². The molecule has 0 unspecified atom stereocenters. The number of halogens is 1. The van der Waals surface area contributed by atoms with E-state index in [0.717, 1.165) is 28.7 Å². The molecule has 0 N–H and O–H groups in total. The standard InChI is InChI=1S/C20H26BrN3O3/c1-12-10-14-16(15(21)11-12)22-17(23(5)18(14)25)13-6-8-24(9-7-13)19(26)27-20(2,3)4/h10-11,13H,6-9H2,1-5H3. The van der Waals surface area contributed by atoms with Crippen LogP contribution in [0.15, 0.2) is 21.4 Å². The third-order valence-corrected chi connectivity index (χ3v) is 5.43. The predicted octanol–water partition coefficient (Wildman–Crippen LogP) is 4.12. The van der Waals surface area contributed by atoms with E-state index in [9.17, 15) is 9.59 Å². The highest BCUT2D eigenvalue weighted by molar-refractivity contribution is 9.10. The Morgan fingerprint density at radius 3 is 2.48 bits per heavy atom. The van der Waals surface area contributed by atoms with Crippen molar-refractivity contribution in [2.75, 3.05) is 13.1 Å². The number of hydrogen-bond donors (Lipinski definition) is 0. The fourth-order valence-electron chi connectivity index (χ4n) is 3.50. The molecule has 0 radical (unpaired) electrons. The molecular weight excluding hydrogens is 410 g/mol. The van der Waals surface area contributed by atoms with Crippen LogP contribution in [0.25, 0.3) is 10.9 Å². The lowest BCUT2D eigenvalue weighted by atomic mass is 9.95. The molecule has 7 heteroatoms. The van der Waals surface area contributed by atoms with Crippen molar-refractivity contribution >= 4 is 32.9 Å². The molecule has 1 aromatic carbocycles. The maximum atomic E-state index is 12.8. The number of ether oxygens (including phenoxy) is 1. The van der Waals surface area contributed by atoms with E-state index in [1.807, 2.05) is 39.8 Å². The number of fused-ring (bicyclic) bond motifs is 1. The summed E-state index contributed by atoms with van der Waals surface area (Å²) in [4.78, 5) is 31.6. The molecule has 0 saturated carbocycles. The summed E-state index contributed by atoms with van der Waals surface area (Å²) in [6, 6.07) is 3.86. The molecule has 3 rings (SSSR count). The molecule has 1 aliphatic rings.